The second-order valence-electron chi connectivity index (χ2n) is 13.9. The van der Waals surface area contributed by atoms with Gasteiger partial charge in [-0.15, -0.1) is 0 Å². The summed E-state index contributed by atoms with van der Waals surface area (Å²) in [7, 11) is 3.39. The number of nitrogens with zero attached hydrogens (tertiary/aromatic N) is 2. The molecule has 0 aromatic heterocycles. The van der Waals surface area contributed by atoms with Crippen molar-refractivity contribution in [1.29, 1.82) is 0 Å². The number of anilines is 5. The van der Waals surface area contributed by atoms with Crippen molar-refractivity contribution in [3.63, 3.8) is 0 Å². The molecule has 0 N–H and O–H groups in total. The fourth-order valence-electron chi connectivity index (χ4n) is 7.15. The van der Waals surface area contributed by atoms with E-state index < -0.39 is 0 Å². The maximum Gasteiger partial charge on any atom is 0.119 e. The van der Waals surface area contributed by atoms with E-state index in [1.807, 2.05) is 24.3 Å². The van der Waals surface area contributed by atoms with Crippen molar-refractivity contribution in [2.24, 2.45) is 0 Å². The van der Waals surface area contributed by atoms with Gasteiger partial charge in [-0.2, -0.15) is 0 Å². The van der Waals surface area contributed by atoms with E-state index in [2.05, 4.69) is 198 Å². The number of allylic oxidation sites excluding steroid dienone is 7. The van der Waals surface area contributed by atoms with Crippen molar-refractivity contribution in [1.82, 2.24) is 0 Å². The van der Waals surface area contributed by atoms with Crippen LogP contribution in [0.15, 0.2) is 218 Å². The number of para-hydroxylation sites is 2. The maximum absolute atomic E-state index is 5.48. The molecule has 0 atom stereocenters. The smallest absolute Gasteiger partial charge is 0.119 e. The van der Waals surface area contributed by atoms with Crippen LogP contribution in [0.1, 0.15) is 17.5 Å². The molecular weight excluding hydrogens is 697 g/mol. The molecule has 7 aromatic rings. The molecule has 0 amide bonds. The highest BCUT2D eigenvalue weighted by Gasteiger charge is 2.15. The summed E-state index contributed by atoms with van der Waals surface area (Å²) >= 11 is 0. The first-order chi connectivity index (χ1) is 28.0. The van der Waals surface area contributed by atoms with Crippen molar-refractivity contribution >= 4 is 62.1 Å². The zero-order chi connectivity index (χ0) is 39.0. The lowest BCUT2D eigenvalue weighted by molar-refractivity contribution is 0.305. The van der Waals surface area contributed by atoms with E-state index in [9.17, 15) is 0 Å². The third kappa shape index (κ3) is 8.51. The van der Waals surface area contributed by atoms with Crippen LogP contribution in [0.4, 0.5) is 28.4 Å². The standard InChI is InChI=1S/C53H44N2O2/c1-39-18-32-52(56-2)17-11-10-16-49(34-39)54(46-12-6-4-7-13-46)48-28-22-40(23-29-48)19-20-41-21-24-43-36-50(30-25-42(43)35-41)55(47-14-8-5-9-15-47)51-31-26-45-38-53(57-3)33-27-44(45)37-51/h4-10,12-38H,1,11H2,2-3H3/b16-10-,20-19+,32-18-,49-34?,52-17+. The fourth-order valence-corrected chi connectivity index (χ4v) is 7.15. The largest absolute Gasteiger partial charge is 0.497 e. The predicted molar refractivity (Wildman–Crippen MR) is 242 cm³/mol. The second kappa shape index (κ2) is 17.0. The lowest BCUT2D eigenvalue weighted by atomic mass is 10.0. The van der Waals surface area contributed by atoms with Crippen molar-refractivity contribution in [3.8, 4) is 5.75 Å². The summed E-state index contributed by atoms with van der Waals surface area (Å²) in [6.07, 6.45) is 17.5. The van der Waals surface area contributed by atoms with E-state index >= 15 is 0 Å². The maximum atomic E-state index is 5.48. The van der Waals surface area contributed by atoms with Crippen LogP contribution in [-0.2, 0) is 4.74 Å². The average Bonchev–Trinajstić information content (AvgIpc) is 3.26. The molecule has 1 aliphatic rings. The van der Waals surface area contributed by atoms with Crippen LogP contribution in [0.3, 0.4) is 0 Å². The normalized spacial score (nSPS) is 15.1. The highest BCUT2D eigenvalue weighted by atomic mass is 16.5. The number of benzene rings is 7. The summed E-state index contributed by atoms with van der Waals surface area (Å²) in [5, 5.41) is 4.67. The van der Waals surface area contributed by atoms with Gasteiger partial charge >= 0.3 is 0 Å². The summed E-state index contributed by atoms with van der Waals surface area (Å²) in [4.78, 5) is 4.58. The Balaban J connectivity index is 1.05. The molecule has 1 aliphatic carbocycles. The highest BCUT2D eigenvalue weighted by Crippen LogP contribution is 2.38. The molecule has 4 nitrogen and oxygen atoms in total. The molecule has 4 heteroatoms. The van der Waals surface area contributed by atoms with Gasteiger partial charge in [-0.3, -0.25) is 0 Å². The van der Waals surface area contributed by atoms with Gasteiger partial charge in [0.1, 0.15) is 11.5 Å². The summed E-state index contributed by atoms with van der Waals surface area (Å²) < 4.78 is 10.9. The fraction of sp³-hybridized carbons (Fsp3) is 0.0566. The Morgan fingerprint density at radius 1 is 0.491 bits per heavy atom. The molecule has 0 fully saturated rings. The van der Waals surface area contributed by atoms with E-state index in [1.54, 1.807) is 14.2 Å². The molecule has 0 saturated carbocycles. The molecule has 0 spiro atoms. The quantitative estimate of drug-likeness (QED) is 0.130. The van der Waals surface area contributed by atoms with Gasteiger partial charge in [0.15, 0.2) is 0 Å². The van der Waals surface area contributed by atoms with Gasteiger partial charge in [0, 0.05) is 34.1 Å². The first kappa shape index (κ1) is 36.7. The molecule has 278 valence electrons. The number of rotatable bonds is 10. The Labute approximate surface area is 335 Å². The Morgan fingerprint density at radius 3 is 1.70 bits per heavy atom. The zero-order valence-electron chi connectivity index (χ0n) is 32.3. The van der Waals surface area contributed by atoms with Crippen molar-refractivity contribution in [3.05, 3.63) is 229 Å². The average molecular weight is 741 g/mol. The molecule has 57 heavy (non-hydrogen) atoms. The monoisotopic (exact) mass is 740 g/mol. The molecule has 0 saturated heterocycles. The topological polar surface area (TPSA) is 24.9 Å². The summed E-state index contributed by atoms with van der Waals surface area (Å²) in [5.41, 5.74) is 9.61. The van der Waals surface area contributed by atoms with Gasteiger partial charge in [0.2, 0.25) is 0 Å². The Bertz CT molecular complexity index is 2690. The number of hydrogen-bond donors (Lipinski definition) is 0. The van der Waals surface area contributed by atoms with Crippen molar-refractivity contribution < 1.29 is 9.47 Å². The lowest BCUT2D eigenvalue weighted by Crippen LogP contribution is -2.15. The van der Waals surface area contributed by atoms with Gasteiger partial charge in [-0.1, -0.05) is 110 Å². The molecule has 0 bridgehead atoms. The number of hydrogen-bond acceptors (Lipinski definition) is 4. The summed E-state index contributed by atoms with van der Waals surface area (Å²) in [6.45, 7) is 4.29. The van der Waals surface area contributed by atoms with Gasteiger partial charge < -0.3 is 19.3 Å². The lowest BCUT2D eigenvalue weighted by Gasteiger charge is -2.27. The molecule has 7 aromatic carbocycles. The van der Waals surface area contributed by atoms with Crippen LogP contribution in [0.5, 0.6) is 5.75 Å². The summed E-state index contributed by atoms with van der Waals surface area (Å²) in [6, 6.07) is 55.8. The van der Waals surface area contributed by atoms with Crippen LogP contribution in [0.25, 0.3) is 33.7 Å². The van der Waals surface area contributed by atoms with E-state index in [4.69, 9.17) is 9.47 Å². The first-order valence-corrected chi connectivity index (χ1v) is 19.1. The van der Waals surface area contributed by atoms with E-state index in [-0.39, 0.29) is 0 Å². The summed E-state index contributed by atoms with van der Waals surface area (Å²) in [5.74, 6) is 1.68. The van der Waals surface area contributed by atoms with Crippen molar-refractivity contribution in [2.45, 2.75) is 6.42 Å². The van der Waals surface area contributed by atoms with Crippen LogP contribution < -0.4 is 14.5 Å². The molecule has 0 aliphatic heterocycles. The minimum Gasteiger partial charge on any atom is -0.497 e. The minimum atomic E-state index is 0.758. The number of fused-ring (bicyclic) bond motifs is 2. The first-order valence-electron chi connectivity index (χ1n) is 19.1. The van der Waals surface area contributed by atoms with Gasteiger partial charge in [0.05, 0.1) is 14.2 Å². The van der Waals surface area contributed by atoms with Crippen LogP contribution in [0.2, 0.25) is 0 Å². The zero-order valence-corrected chi connectivity index (χ0v) is 32.3. The Hall–Kier alpha value is -7.30. The van der Waals surface area contributed by atoms with Gasteiger partial charge in [-0.05, 0) is 148 Å². The third-order valence-electron chi connectivity index (χ3n) is 10.1. The Kier molecular flexibility index (Phi) is 10.9. The van der Waals surface area contributed by atoms with Crippen LogP contribution in [-0.4, -0.2) is 14.2 Å². The highest BCUT2D eigenvalue weighted by molar-refractivity contribution is 5.94. The van der Waals surface area contributed by atoms with E-state index in [0.29, 0.717) is 0 Å². The predicted octanol–water partition coefficient (Wildman–Crippen LogP) is 14.3. The minimum absolute atomic E-state index is 0.758. The molecule has 0 heterocycles. The van der Waals surface area contributed by atoms with Gasteiger partial charge in [-0.25, -0.2) is 0 Å². The molecule has 8 rings (SSSR count). The molecule has 0 radical (unpaired) electrons. The van der Waals surface area contributed by atoms with Crippen molar-refractivity contribution in [2.75, 3.05) is 24.0 Å². The van der Waals surface area contributed by atoms with Gasteiger partial charge in [0.25, 0.3) is 0 Å². The SMILES string of the molecule is C=C1C=C(N(c2ccccc2)c2ccc(/C=C/c3ccc4cc(N(c5ccccc5)c5ccc6cc(OC)ccc6c5)ccc4c3)cc2)/C=C\C/C=C(OC)\C=C/1. The van der Waals surface area contributed by atoms with Crippen LogP contribution >= 0.6 is 0 Å². The van der Waals surface area contributed by atoms with E-state index in [0.717, 1.165) is 79.5 Å². The van der Waals surface area contributed by atoms with Crippen LogP contribution in [0, 0.1) is 0 Å². The molecular formula is C53H44N2O2. The third-order valence-corrected chi connectivity index (χ3v) is 10.1. The number of methoxy groups -OCH3 is 2. The van der Waals surface area contributed by atoms with E-state index in [1.165, 1.54) is 10.8 Å². The number of ether oxygens (including phenoxy) is 2. The second-order valence-corrected chi connectivity index (χ2v) is 13.9. The Morgan fingerprint density at radius 2 is 1.04 bits per heavy atom. The molecule has 0 unspecified atom stereocenters.